The van der Waals surface area contributed by atoms with E-state index in [4.69, 9.17) is 4.52 Å². The summed E-state index contributed by atoms with van der Waals surface area (Å²) in [5.74, 6) is 1.99. The van der Waals surface area contributed by atoms with E-state index < -0.39 is 0 Å². The SMILES string of the molecule is Cc1cc(-c2nc(N(C)C)n[nH]2)no1. The van der Waals surface area contributed by atoms with Crippen LogP contribution in [0.1, 0.15) is 5.76 Å². The molecule has 2 rings (SSSR count). The van der Waals surface area contributed by atoms with Crippen LogP contribution in [0.15, 0.2) is 10.6 Å². The van der Waals surface area contributed by atoms with Crippen LogP contribution in [-0.4, -0.2) is 34.4 Å². The van der Waals surface area contributed by atoms with E-state index in [2.05, 4.69) is 20.3 Å². The van der Waals surface area contributed by atoms with Gasteiger partial charge in [0.25, 0.3) is 0 Å². The summed E-state index contributed by atoms with van der Waals surface area (Å²) in [6.07, 6.45) is 0. The van der Waals surface area contributed by atoms with Crippen LogP contribution in [0.5, 0.6) is 0 Å². The summed E-state index contributed by atoms with van der Waals surface area (Å²) < 4.78 is 4.94. The van der Waals surface area contributed by atoms with E-state index in [-0.39, 0.29) is 0 Å². The minimum Gasteiger partial charge on any atom is -0.361 e. The van der Waals surface area contributed by atoms with Crippen LogP contribution in [-0.2, 0) is 0 Å². The maximum atomic E-state index is 4.94. The summed E-state index contributed by atoms with van der Waals surface area (Å²) in [4.78, 5) is 6.04. The lowest BCUT2D eigenvalue weighted by molar-refractivity contribution is 0.399. The molecular formula is C8H11N5O. The van der Waals surface area contributed by atoms with Gasteiger partial charge in [-0.25, -0.2) is 0 Å². The number of anilines is 1. The number of rotatable bonds is 2. The maximum absolute atomic E-state index is 4.94. The lowest BCUT2D eigenvalue weighted by atomic mass is 10.4. The maximum Gasteiger partial charge on any atom is 0.244 e. The molecule has 0 saturated heterocycles. The zero-order valence-electron chi connectivity index (χ0n) is 8.27. The zero-order chi connectivity index (χ0) is 10.1. The molecule has 6 nitrogen and oxygen atoms in total. The van der Waals surface area contributed by atoms with Crippen LogP contribution in [0.25, 0.3) is 11.5 Å². The predicted octanol–water partition coefficient (Wildman–Crippen LogP) is 0.834. The Balaban J connectivity index is 2.33. The largest absolute Gasteiger partial charge is 0.361 e. The number of hydrogen-bond acceptors (Lipinski definition) is 5. The van der Waals surface area contributed by atoms with Gasteiger partial charge in [-0.3, -0.25) is 5.10 Å². The second-order valence-electron chi connectivity index (χ2n) is 3.20. The highest BCUT2D eigenvalue weighted by Gasteiger charge is 2.10. The Morgan fingerprint density at radius 1 is 1.43 bits per heavy atom. The molecule has 0 unspecified atom stereocenters. The van der Waals surface area contributed by atoms with Crippen LogP contribution < -0.4 is 4.90 Å². The Kier molecular flexibility index (Phi) is 1.95. The summed E-state index contributed by atoms with van der Waals surface area (Å²) in [5.41, 5.74) is 0.670. The number of aryl methyl sites for hydroxylation is 1. The summed E-state index contributed by atoms with van der Waals surface area (Å²) in [7, 11) is 3.75. The van der Waals surface area contributed by atoms with Crippen molar-refractivity contribution >= 4 is 5.95 Å². The molecule has 0 aliphatic carbocycles. The molecule has 0 amide bonds. The van der Waals surface area contributed by atoms with E-state index in [0.717, 1.165) is 5.76 Å². The van der Waals surface area contributed by atoms with Gasteiger partial charge in [0.05, 0.1) is 0 Å². The van der Waals surface area contributed by atoms with E-state index in [0.29, 0.717) is 17.5 Å². The number of nitrogens with one attached hydrogen (secondary N) is 1. The highest BCUT2D eigenvalue weighted by Crippen LogP contribution is 2.15. The number of H-pyrrole nitrogens is 1. The van der Waals surface area contributed by atoms with Crippen molar-refractivity contribution < 1.29 is 4.52 Å². The third-order valence-corrected chi connectivity index (χ3v) is 1.74. The van der Waals surface area contributed by atoms with E-state index in [1.807, 2.05) is 25.9 Å². The van der Waals surface area contributed by atoms with Gasteiger partial charge in [-0.05, 0) is 6.92 Å². The minimum atomic E-state index is 0.616. The summed E-state index contributed by atoms with van der Waals surface area (Å²) in [6.45, 7) is 1.83. The number of nitrogens with zero attached hydrogens (tertiary/aromatic N) is 4. The molecule has 0 radical (unpaired) electrons. The first-order valence-electron chi connectivity index (χ1n) is 4.20. The molecule has 2 aromatic heterocycles. The van der Waals surface area contributed by atoms with Gasteiger partial charge >= 0.3 is 0 Å². The van der Waals surface area contributed by atoms with Crippen molar-refractivity contribution in [3.05, 3.63) is 11.8 Å². The predicted molar refractivity (Wildman–Crippen MR) is 50.9 cm³/mol. The smallest absolute Gasteiger partial charge is 0.244 e. The Labute approximate surface area is 80.9 Å². The summed E-state index contributed by atoms with van der Waals surface area (Å²) in [6, 6.07) is 1.81. The molecule has 0 aliphatic heterocycles. The van der Waals surface area contributed by atoms with Crippen molar-refractivity contribution in [2.45, 2.75) is 6.92 Å². The van der Waals surface area contributed by atoms with Crippen LogP contribution in [0, 0.1) is 6.92 Å². The Hall–Kier alpha value is -1.85. The highest BCUT2D eigenvalue weighted by molar-refractivity contribution is 5.50. The molecule has 6 heteroatoms. The van der Waals surface area contributed by atoms with Gasteiger partial charge in [0.15, 0.2) is 11.5 Å². The average molecular weight is 193 g/mol. The topological polar surface area (TPSA) is 70.8 Å². The lowest BCUT2D eigenvalue weighted by Crippen LogP contribution is -2.10. The van der Waals surface area contributed by atoms with Gasteiger partial charge in [-0.2, -0.15) is 4.98 Å². The van der Waals surface area contributed by atoms with Gasteiger partial charge in [0.2, 0.25) is 5.95 Å². The Bertz CT molecular complexity index is 430. The molecule has 0 bridgehead atoms. The lowest BCUT2D eigenvalue weighted by Gasteiger charge is -2.03. The third kappa shape index (κ3) is 1.46. The second kappa shape index (κ2) is 3.13. The van der Waals surface area contributed by atoms with Gasteiger partial charge in [-0.15, -0.1) is 5.10 Å². The normalized spacial score (nSPS) is 10.5. The molecule has 0 fully saturated rings. The van der Waals surface area contributed by atoms with Crippen molar-refractivity contribution in [1.29, 1.82) is 0 Å². The van der Waals surface area contributed by atoms with Crippen LogP contribution >= 0.6 is 0 Å². The van der Waals surface area contributed by atoms with E-state index in [1.54, 1.807) is 6.07 Å². The van der Waals surface area contributed by atoms with Crippen LogP contribution in [0.2, 0.25) is 0 Å². The van der Waals surface area contributed by atoms with Gasteiger partial charge in [0, 0.05) is 20.2 Å². The van der Waals surface area contributed by atoms with Crippen molar-refractivity contribution in [2.75, 3.05) is 19.0 Å². The molecule has 0 atom stereocenters. The van der Waals surface area contributed by atoms with Crippen LogP contribution in [0.3, 0.4) is 0 Å². The van der Waals surface area contributed by atoms with E-state index >= 15 is 0 Å². The Morgan fingerprint density at radius 2 is 2.21 bits per heavy atom. The minimum absolute atomic E-state index is 0.616. The standard InChI is InChI=1S/C8H11N5O/c1-5-4-6(12-14-5)7-9-8(11-10-7)13(2)3/h4H,1-3H3,(H,9,10,11). The first kappa shape index (κ1) is 8.74. The molecule has 1 N–H and O–H groups in total. The summed E-state index contributed by atoms with van der Waals surface area (Å²) in [5, 5.41) is 10.6. The van der Waals surface area contributed by atoms with E-state index in [9.17, 15) is 0 Å². The van der Waals surface area contributed by atoms with Crippen molar-refractivity contribution in [3.8, 4) is 11.5 Å². The first-order valence-corrected chi connectivity index (χ1v) is 4.20. The fourth-order valence-electron chi connectivity index (χ4n) is 1.05. The molecule has 0 aromatic carbocycles. The molecule has 2 heterocycles. The molecule has 0 saturated carbocycles. The fraction of sp³-hybridized carbons (Fsp3) is 0.375. The van der Waals surface area contributed by atoms with Crippen molar-refractivity contribution in [2.24, 2.45) is 0 Å². The monoisotopic (exact) mass is 193 g/mol. The molecule has 0 aliphatic rings. The number of aromatic nitrogens is 4. The number of aromatic amines is 1. The molecule has 14 heavy (non-hydrogen) atoms. The quantitative estimate of drug-likeness (QED) is 0.765. The van der Waals surface area contributed by atoms with Crippen LogP contribution in [0.4, 0.5) is 5.95 Å². The highest BCUT2D eigenvalue weighted by atomic mass is 16.5. The molecule has 2 aromatic rings. The van der Waals surface area contributed by atoms with Crippen molar-refractivity contribution in [3.63, 3.8) is 0 Å². The Morgan fingerprint density at radius 3 is 2.71 bits per heavy atom. The van der Waals surface area contributed by atoms with Gasteiger partial charge < -0.3 is 9.42 Å². The third-order valence-electron chi connectivity index (χ3n) is 1.74. The van der Waals surface area contributed by atoms with Gasteiger partial charge in [-0.1, -0.05) is 5.16 Å². The summed E-state index contributed by atoms with van der Waals surface area (Å²) >= 11 is 0. The van der Waals surface area contributed by atoms with Gasteiger partial charge in [0.1, 0.15) is 5.76 Å². The first-order chi connectivity index (χ1) is 6.66. The molecular weight excluding hydrogens is 182 g/mol. The average Bonchev–Trinajstić information content (AvgIpc) is 2.70. The van der Waals surface area contributed by atoms with Crippen molar-refractivity contribution in [1.82, 2.24) is 20.3 Å². The second-order valence-corrected chi connectivity index (χ2v) is 3.20. The zero-order valence-corrected chi connectivity index (χ0v) is 8.27. The van der Waals surface area contributed by atoms with E-state index in [1.165, 1.54) is 0 Å². The molecule has 0 spiro atoms. The fourth-order valence-corrected chi connectivity index (χ4v) is 1.05. The molecule has 74 valence electrons. The number of hydrogen-bond donors (Lipinski definition) is 1.